The van der Waals surface area contributed by atoms with Gasteiger partial charge in [0, 0.05) is 4.88 Å². The van der Waals surface area contributed by atoms with Crippen LogP contribution in [0, 0.1) is 24.2 Å². The zero-order valence-electron chi connectivity index (χ0n) is 16.4. The van der Waals surface area contributed by atoms with Gasteiger partial charge in [-0.05, 0) is 60.8 Å². The Labute approximate surface area is 165 Å². The van der Waals surface area contributed by atoms with Crippen molar-refractivity contribution in [1.82, 2.24) is 0 Å². The first-order valence-electron chi connectivity index (χ1n) is 9.46. The molecule has 1 amide bonds. The summed E-state index contributed by atoms with van der Waals surface area (Å²) < 4.78 is 5.82. The van der Waals surface area contributed by atoms with Crippen molar-refractivity contribution in [2.45, 2.75) is 52.9 Å². The lowest BCUT2D eigenvalue weighted by Crippen LogP contribution is -2.20. The zero-order valence-corrected chi connectivity index (χ0v) is 17.2. The van der Waals surface area contributed by atoms with E-state index in [4.69, 9.17) is 4.74 Å². The number of rotatable bonds is 5. The monoisotopic (exact) mass is 382 g/mol. The highest BCUT2D eigenvalue weighted by molar-refractivity contribution is 7.16. The topological polar surface area (TPSA) is 62.1 Å². The van der Waals surface area contributed by atoms with Crippen molar-refractivity contribution in [3.8, 4) is 11.8 Å². The molecule has 0 aliphatic heterocycles. The Bertz CT molecular complexity index is 892. The van der Waals surface area contributed by atoms with E-state index in [9.17, 15) is 10.1 Å². The molecule has 0 unspecified atom stereocenters. The number of ether oxygens (including phenoxy) is 1. The molecule has 1 aromatic carbocycles. The van der Waals surface area contributed by atoms with Crippen molar-refractivity contribution in [1.29, 1.82) is 5.26 Å². The van der Waals surface area contributed by atoms with Gasteiger partial charge in [-0.1, -0.05) is 32.9 Å². The van der Waals surface area contributed by atoms with Gasteiger partial charge in [0.2, 0.25) is 0 Å². The van der Waals surface area contributed by atoms with Crippen LogP contribution in [0.1, 0.15) is 60.2 Å². The van der Waals surface area contributed by atoms with Crippen LogP contribution in [0.25, 0.3) is 0 Å². The van der Waals surface area contributed by atoms with Crippen molar-refractivity contribution >= 4 is 22.2 Å². The van der Waals surface area contributed by atoms with Crippen molar-refractivity contribution in [3.05, 3.63) is 45.3 Å². The van der Waals surface area contributed by atoms with E-state index in [0.717, 1.165) is 41.7 Å². The van der Waals surface area contributed by atoms with Crippen molar-refractivity contribution in [2.24, 2.45) is 5.92 Å². The maximum atomic E-state index is 12.5. The number of hydrogen-bond donors (Lipinski definition) is 1. The van der Waals surface area contributed by atoms with Crippen LogP contribution >= 0.6 is 11.3 Å². The summed E-state index contributed by atoms with van der Waals surface area (Å²) in [6, 6.07) is 8.36. The second-order valence-electron chi connectivity index (χ2n) is 7.70. The van der Waals surface area contributed by atoms with E-state index < -0.39 is 0 Å². The number of amides is 1. The molecule has 0 spiro atoms. The molecule has 142 valence electrons. The molecule has 3 rings (SSSR count). The lowest BCUT2D eigenvalue weighted by molar-refractivity contribution is -0.118. The molecule has 0 fully saturated rings. The number of nitrogens with zero attached hydrogens (tertiary/aromatic N) is 1. The minimum atomic E-state index is -0.227. The Morgan fingerprint density at radius 3 is 2.93 bits per heavy atom. The molecule has 5 heteroatoms. The second-order valence-corrected chi connectivity index (χ2v) is 8.81. The first-order chi connectivity index (χ1) is 12.9. The Morgan fingerprint density at radius 2 is 2.22 bits per heavy atom. The fraction of sp³-hybridized carbons (Fsp3) is 0.455. The lowest BCUT2D eigenvalue weighted by Gasteiger charge is -2.17. The number of anilines is 1. The Hall–Kier alpha value is -2.32. The largest absolute Gasteiger partial charge is 0.483 e. The molecule has 0 radical (unpaired) electrons. The van der Waals surface area contributed by atoms with E-state index in [1.807, 2.05) is 13.0 Å². The Kier molecular flexibility index (Phi) is 5.86. The first-order valence-corrected chi connectivity index (χ1v) is 10.3. The van der Waals surface area contributed by atoms with Gasteiger partial charge in [0.1, 0.15) is 16.8 Å². The molecule has 1 N–H and O–H groups in total. The molecule has 0 saturated heterocycles. The van der Waals surface area contributed by atoms with Crippen LogP contribution in [-0.2, 0) is 17.6 Å². The van der Waals surface area contributed by atoms with Gasteiger partial charge in [0.05, 0.1) is 5.56 Å². The van der Waals surface area contributed by atoms with Crippen molar-refractivity contribution < 1.29 is 9.53 Å². The summed E-state index contributed by atoms with van der Waals surface area (Å²) in [5, 5.41) is 13.1. The van der Waals surface area contributed by atoms with Gasteiger partial charge < -0.3 is 10.1 Å². The van der Waals surface area contributed by atoms with Crippen LogP contribution in [0.4, 0.5) is 5.00 Å². The predicted molar refractivity (Wildman–Crippen MR) is 110 cm³/mol. The molecule has 2 aromatic rings. The van der Waals surface area contributed by atoms with E-state index in [1.54, 1.807) is 11.3 Å². The van der Waals surface area contributed by atoms with E-state index in [1.165, 1.54) is 4.88 Å². The summed E-state index contributed by atoms with van der Waals surface area (Å²) in [5.74, 6) is 1.47. The molecule has 0 saturated carbocycles. The Balaban J connectivity index is 1.71. The average Bonchev–Trinajstić information content (AvgIpc) is 2.95. The van der Waals surface area contributed by atoms with Crippen LogP contribution in [0.15, 0.2) is 18.2 Å². The number of thiophene rings is 1. The van der Waals surface area contributed by atoms with Crippen molar-refractivity contribution in [3.63, 3.8) is 0 Å². The van der Waals surface area contributed by atoms with E-state index in [-0.39, 0.29) is 12.5 Å². The number of hydrogen-bond acceptors (Lipinski definition) is 4. The van der Waals surface area contributed by atoms with Gasteiger partial charge in [0.15, 0.2) is 6.61 Å². The maximum Gasteiger partial charge on any atom is 0.262 e. The summed E-state index contributed by atoms with van der Waals surface area (Å²) in [5.41, 5.74) is 3.94. The molecule has 0 bridgehead atoms. The number of carbonyl (C=O) groups is 1. The summed E-state index contributed by atoms with van der Waals surface area (Å²) in [6.45, 7) is 8.39. The van der Waals surface area contributed by atoms with Gasteiger partial charge >= 0.3 is 0 Å². The van der Waals surface area contributed by atoms with Gasteiger partial charge in [-0.3, -0.25) is 4.79 Å². The number of aryl methyl sites for hydroxylation is 1. The second kappa shape index (κ2) is 8.14. The highest BCUT2D eigenvalue weighted by atomic mass is 32.1. The fourth-order valence-corrected chi connectivity index (χ4v) is 4.88. The van der Waals surface area contributed by atoms with Gasteiger partial charge in [0.25, 0.3) is 5.91 Å². The van der Waals surface area contributed by atoms with Crippen LogP contribution in [0.2, 0.25) is 0 Å². The minimum absolute atomic E-state index is 0.0625. The minimum Gasteiger partial charge on any atom is -0.483 e. The smallest absolute Gasteiger partial charge is 0.262 e. The van der Waals surface area contributed by atoms with Gasteiger partial charge in [-0.2, -0.15) is 5.26 Å². The Morgan fingerprint density at radius 1 is 1.44 bits per heavy atom. The van der Waals surface area contributed by atoms with Crippen LogP contribution in [-0.4, -0.2) is 12.5 Å². The molecule has 27 heavy (non-hydrogen) atoms. The standard InChI is InChI=1S/C22H26N2O2S/c1-13(2)16-7-5-14(3)9-19(16)26-12-21(25)24-22-18(11-23)17-8-6-15(4)10-20(17)27-22/h5,7,9,13,15H,6,8,10,12H2,1-4H3,(H,24,25)/t15-/m0/s1. The van der Waals surface area contributed by atoms with Gasteiger partial charge in [-0.25, -0.2) is 0 Å². The lowest BCUT2D eigenvalue weighted by atomic mass is 9.89. The van der Waals surface area contributed by atoms with Crippen LogP contribution < -0.4 is 10.1 Å². The molecule has 4 nitrogen and oxygen atoms in total. The van der Waals surface area contributed by atoms with E-state index >= 15 is 0 Å². The number of carbonyl (C=O) groups excluding carboxylic acids is 1. The molecule has 1 aliphatic rings. The van der Waals surface area contributed by atoms with Crippen molar-refractivity contribution in [2.75, 3.05) is 11.9 Å². The predicted octanol–water partition coefficient (Wildman–Crippen LogP) is 5.19. The summed E-state index contributed by atoms with van der Waals surface area (Å²) in [4.78, 5) is 13.7. The first kappa shape index (κ1) is 19.4. The average molecular weight is 383 g/mol. The fourth-order valence-electron chi connectivity index (χ4n) is 3.51. The number of nitriles is 1. The van der Waals surface area contributed by atoms with Crippen LogP contribution in [0.5, 0.6) is 5.75 Å². The highest BCUT2D eigenvalue weighted by Crippen LogP contribution is 2.39. The van der Waals surface area contributed by atoms with E-state index in [0.29, 0.717) is 22.4 Å². The molecule has 1 heterocycles. The van der Waals surface area contributed by atoms with Crippen LogP contribution in [0.3, 0.4) is 0 Å². The SMILES string of the molecule is Cc1ccc(C(C)C)c(OCC(=O)Nc2sc3c(c2C#N)CC[C@H](C)C3)c1. The maximum absolute atomic E-state index is 12.5. The molecular weight excluding hydrogens is 356 g/mol. The quantitative estimate of drug-likeness (QED) is 0.774. The zero-order chi connectivity index (χ0) is 19.6. The normalized spacial score (nSPS) is 15.9. The molecular formula is C22H26N2O2S. The summed E-state index contributed by atoms with van der Waals surface area (Å²) >= 11 is 1.54. The number of fused-ring (bicyclic) bond motifs is 1. The molecule has 1 aliphatic carbocycles. The molecule has 1 aromatic heterocycles. The highest BCUT2D eigenvalue weighted by Gasteiger charge is 2.24. The molecule has 1 atom stereocenters. The van der Waals surface area contributed by atoms with Gasteiger partial charge in [-0.15, -0.1) is 11.3 Å². The third kappa shape index (κ3) is 4.33. The third-order valence-electron chi connectivity index (χ3n) is 5.03. The summed E-state index contributed by atoms with van der Waals surface area (Å²) in [7, 11) is 0. The number of nitrogens with one attached hydrogen (secondary N) is 1. The summed E-state index contributed by atoms with van der Waals surface area (Å²) in [6.07, 6.45) is 3.01. The van der Waals surface area contributed by atoms with E-state index in [2.05, 4.69) is 44.3 Å². The number of benzene rings is 1. The third-order valence-corrected chi connectivity index (χ3v) is 6.20.